The van der Waals surface area contributed by atoms with Crippen LogP contribution in [0.2, 0.25) is 5.15 Å². The Labute approximate surface area is 110 Å². The predicted molar refractivity (Wildman–Crippen MR) is 71.1 cm³/mol. The van der Waals surface area contributed by atoms with Crippen LogP contribution in [0, 0.1) is 0 Å². The molecule has 0 atom stereocenters. The van der Waals surface area contributed by atoms with Crippen LogP contribution < -0.4 is 5.32 Å². The van der Waals surface area contributed by atoms with Crippen LogP contribution in [0.3, 0.4) is 0 Å². The first-order valence-electron chi connectivity index (χ1n) is 5.67. The van der Waals surface area contributed by atoms with E-state index in [1.807, 2.05) is 0 Å². The molecule has 0 unspecified atom stereocenters. The number of carbonyl (C=O) groups is 1. The summed E-state index contributed by atoms with van der Waals surface area (Å²) in [5.41, 5.74) is 0. The molecule has 0 saturated carbocycles. The summed E-state index contributed by atoms with van der Waals surface area (Å²) in [5.74, 6) is -0.438. The Bertz CT molecular complexity index is 368. The lowest BCUT2D eigenvalue weighted by atomic mass is 10.2. The summed E-state index contributed by atoms with van der Waals surface area (Å²) in [5, 5.41) is 4.04. The fourth-order valence-electron chi connectivity index (χ4n) is 1.34. The SMILES string of the molecule is CCCCCCNc1nc(Cl)c(C(=O)OC)s1. The highest BCUT2D eigenvalue weighted by Crippen LogP contribution is 2.27. The lowest BCUT2D eigenvalue weighted by Gasteiger charge is -2.00. The largest absolute Gasteiger partial charge is 0.465 e. The molecule has 6 heteroatoms. The molecule has 0 aromatic carbocycles. The van der Waals surface area contributed by atoms with Crippen LogP contribution in [0.1, 0.15) is 42.3 Å². The Morgan fingerprint density at radius 2 is 2.24 bits per heavy atom. The first-order chi connectivity index (χ1) is 8.19. The fraction of sp³-hybridized carbons (Fsp3) is 0.636. The van der Waals surface area contributed by atoms with Crippen LogP contribution >= 0.6 is 22.9 Å². The van der Waals surface area contributed by atoms with E-state index in [1.165, 1.54) is 37.7 Å². The summed E-state index contributed by atoms with van der Waals surface area (Å²) in [7, 11) is 1.33. The van der Waals surface area contributed by atoms with Crippen molar-refractivity contribution < 1.29 is 9.53 Å². The van der Waals surface area contributed by atoms with E-state index < -0.39 is 5.97 Å². The van der Waals surface area contributed by atoms with E-state index >= 15 is 0 Å². The number of halogens is 1. The summed E-state index contributed by atoms with van der Waals surface area (Å²) < 4.78 is 4.61. The highest BCUT2D eigenvalue weighted by molar-refractivity contribution is 7.18. The summed E-state index contributed by atoms with van der Waals surface area (Å²) in [6.07, 6.45) is 4.76. The Hall–Kier alpha value is -0.810. The lowest BCUT2D eigenvalue weighted by molar-refractivity contribution is 0.0606. The highest BCUT2D eigenvalue weighted by Gasteiger charge is 2.16. The zero-order valence-electron chi connectivity index (χ0n) is 10.1. The van der Waals surface area contributed by atoms with Gasteiger partial charge in [0.15, 0.2) is 15.2 Å². The van der Waals surface area contributed by atoms with Gasteiger partial charge in [0, 0.05) is 6.54 Å². The van der Waals surface area contributed by atoms with E-state index in [-0.39, 0.29) is 5.15 Å². The number of hydrogen-bond acceptors (Lipinski definition) is 5. The van der Waals surface area contributed by atoms with Crippen molar-refractivity contribution in [1.82, 2.24) is 4.98 Å². The molecule has 0 saturated heterocycles. The van der Waals surface area contributed by atoms with Crippen LogP contribution in [0.5, 0.6) is 0 Å². The number of ether oxygens (including phenoxy) is 1. The molecular weight excluding hydrogens is 260 g/mol. The maximum absolute atomic E-state index is 11.3. The maximum atomic E-state index is 11.3. The quantitative estimate of drug-likeness (QED) is 0.611. The van der Waals surface area contributed by atoms with E-state index in [0.29, 0.717) is 10.0 Å². The van der Waals surface area contributed by atoms with Crippen LogP contribution in [-0.2, 0) is 4.74 Å². The van der Waals surface area contributed by atoms with Gasteiger partial charge in [-0.3, -0.25) is 0 Å². The molecule has 1 aromatic rings. The molecule has 0 amide bonds. The van der Waals surface area contributed by atoms with Crippen molar-refractivity contribution in [2.75, 3.05) is 19.0 Å². The lowest BCUT2D eigenvalue weighted by Crippen LogP contribution is -2.00. The molecule has 96 valence electrons. The van der Waals surface area contributed by atoms with E-state index in [2.05, 4.69) is 22.0 Å². The van der Waals surface area contributed by atoms with Crippen molar-refractivity contribution in [3.05, 3.63) is 10.0 Å². The molecule has 1 aromatic heterocycles. The summed E-state index contributed by atoms with van der Waals surface area (Å²) in [4.78, 5) is 15.7. The summed E-state index contributed by atoms with van der Waals surface area (Å²) in [6.45, 7) is 3.03. The molecule has 0 aliphatic heterocycles. The zero-order valence-corrected chi connectivity index (χ0v) is 11.7. The van der Waals surface area contributed by atoms with Gasteiger partial charge in [-0.1, -0.05) is 49.1 Å². The highest BCUT2D eigenvalue weighted by atomic mass is 35.5. The third-order valence-electron chi connectivity index (χ3n) is 2.26. The van der Waals surface area contributed by atoms with Gasteiger partial charge in [0.1, 0.15) is 0 Å². The van der Waals surface area contributed by atoms with E-state index in [0.717, 1.165) is 13.0 Å². The number of hydrogen-bond donors (Lipinski definition) is 1. The second-order valence-corrected chi connectivity index (χ2v) is 4.98. The molecule has 17 heavy (non-hydrogen) atoms. The molecule has 0 aliphatic rings. The number of carbonyl (C=O) groups excluding carboxylic acids is 1. The van der Waals surface area contributed by atoms with Crippen LogP contribution in [0.25, 0.3) is 0 Å². The molecule has 0 spiro atoms. The molecule has 1 N–H and O–H groups in total. The first kappa shape index (κ1) is 14.3. The Morgan fingerprint density at radius 1 is 1.47 bits per heavy atom. The number of esters is 1. The zero-order chi connectivity index (χ0) is 12.7. The van der Waals surface area contributed by atoms with Gasteiger partial charge < -0.3 is 10.1 Å². The Balaban J connectivity index is 2.42. The fourth-order valence-corrected chi connectivity index (χ4v) is 2.47. The third-order valence-corrected chi connectivity index (χ3v) is 3.64. The second kappa shape index (κ2) is 7.50. The van der Waals surface area contributed by atoms with E-state index in [4.69, 9.17) is 11.6 Å². The summed E-state index contributed by atoms with van der Waals surface area (Å²) >= 11 is 7.07. The van der Waals surface area contributed by atoms with E-state index in [1.54, 1.807) is 0 Å². The molecule has 1 rings (SSSR count). The van der Waals surface area contributed by atoms with Crippen LogP contribution in [0.4, 0.5) is 5.13 Å². The molecule has 0 fully saturated rings. The summed E-state index contributed by atoms with van der Waals surface area (Å²) in [6, 6.07) is 0. The van der Waals surface area contributed by atoms with Crippen molar-refractivity contribution in [2.45, 2.75) is 32.6 Å². The number of nitrogens with one attached hydrogen (secondary N) is 1. The molecule has 4 nitrogen and oxygen atoms in total. The van der Waals surface area contributed by atoms with Crippen molar-refractivity contribution in [2.24, 2.45) is 0 Å². The van der Waals surface area contributed by atoms with Gasteiger partial charge in [0.2, 0.25) is 0 Å². The smallest absolute Gasteiger partial charge is 0.351 e. The minimum atomic E-state index is -0.438. The number of nitrogens with zero attached hydrogens (tertiary/aromatic N) is 1. The average molecular weight is 277 g/mol. The van der Waals surface area contributed by atoms with Crippen molar-refractivity contribution in [3.8, 4) is 0 Å². The second-order valence-electron chi connectivity index (χ2n) is 3.62. The van der Waals surface area contributed by atoms with Crippen molar-refractivity contribution in [1.29, 1.82) is 0 Å². The minimum absolute atomic E-state index is 0.206. The average Bonchev–Trinajstić information content (AvgIpc) is 2.69. The Morgan fingerprint density at radius 3 is 2.88 bits per heavy atom. The third kappa shape index (κ3) is 4.52. The normalized spacial score (nSPS) is 10.3. The number of anilines is 1. The van der Waals surface area contributed by atoms with Gasteiger partial charge in [-0.25, -0.2) is 9.78 Å². The number of thiazole rings is 1. The van der Waals surface area contributed by atoms with Gasteiger partial charge in [0.05, 0.1) is 7.11 Å². The van der Waals surface area contributed by atoms with Crippen molar-refractivity contribution in [3.63, 3.8) is 0 Å². The van der Waals surface area contributed by atoms with Gasteiger partial charge in [-0.05, 0) is 6.42 Å². The number of aromatic nitrogens is 1. The van der Waals surface area contributed by atoms with E-state index in [9.17, 15) is 4.79 Å². The molecule has 0 aliphatic carbocycles. The topological polar surface area (TPSA) is 51.2 Å². The van der Waals surface area contributed by atoms with Gasteiger partial charge in [-0.2, -0.15) is 0 Å². The maximum Gasteiger partial charge on any atom is 0.351 e. The molecule has 0 bridgehead atoms. The van der Waals surface area contributed by atoms with Crippen LogP contribution in [-0.4, -0.2) is 24.6 Å². The molecular formula is C11H17ClN2O2S. The first-order valence-corrected chi connectivity index (χ1v) is 6.87. The number of unbranched alkanes of at least 4 members (excludes halogenated alkanes) is 3. The van der Waals surface area contributed by atoms with Gasteiger partial charge in [-0.15, -0.1) is 0 Å². The van der Waals surface area contributed by atoms with Crippen LogP contribution in [0.15, 0.2) is 0 Å². The van der Waals surface area contributed by atoms with Gasteiger partial charge >= 0.3 is 5.97 Å². The number of methoxy groups -OCH3 is 1. The Kier molecular flexibility index (Phi) is 6.29. The predicted octanol–water partition coefficient (Wildman–Crippen LogP) is 3.58. The minimum Gasteiger partial charge on any atom is -0.465 e. The van der Waals surface area contributed by atoms with Crippen molar-refractivity contribution >= 4 is 34.0 Å². The molecule has 0 radical (unpaired) electrons. The standard InChI is InChI=1S/C11H17ClN2O2S/c1-3-4-5-6-7-13-11-14-9(12)8(17-11)10(15)16-2/h3-7H2,1-2H3,(H,13,14). The number of rotatable bonds is 7. The monoisotopic (exact) mass is 276 g/mol. The van der Waals surface area contributed by atoms with Gasteiger partial charge in [0.25, 0.3) is 0 Å². The molecule has 1 heterocycles.